The van der Waals surface area contributed by atoms with Gasteiger partial charge in [-0.05, 0) is 36.6 Å². The fourth-order valence-electron chi connectivity index (χ4n) is 3.22. The quantitative estimate of drug-likeness (QED) is 0.426. The number of benzene rings is 2. The third kappa shape index (κ3) is 4.39. The van der Waals surface area contributed by atoms with Crippen molar-refractivity contribution < 1.29 is 19.1 Å². The lowest BCUT2D eigenvalue weighted by Gasteiger charge is -2.22. The summed E-state index contributed by atoms with van der Waals surface area (Å²) in [7, 11) is 0. The van der Waals surface area contributed by atoms with E-state index in [1.54, 1.807) is 38.1 Å². The molecule has 3 amide bonds. The summed E-state index contributed by atoms with van der Waals surface area (Å²) in [6, 6.07) is 15.8. The Bertz CT molecular complexity index is 898. The van der Waals surface area contributed by atoms with Crippen molar-refractivity contribution in [2.75, 3.05) is 12.3 Å². The van der Waals surface area contributed by atoms with Crippen LogP contribution in [-0.2, 0) is 26.5 Å². The van der Waals surface area contributed by atoms with Gasteiger partial charge in [0, 0.05) is 12.2 Å². The molecule has 29 heavy (non-hydrogen) atoms. The molecule has 152 valence electrons. The van der Waals surface area contributed by atoms with Crippen LogP contribution in [0.15, 0.2) is 54.6 Å². The fourth-order valence-corrected chi connectivity index (χ4v) is 3.22. The lowest BCUT2D eigenvalue weighted by atomic mass is 9.92. The number of hydrogen-bond acceptors (Lipinski definition) is 5. The van der Waals surface area contributed by atoms with E-state index in [0.29, 0.717) is 17.7 Å². The Labute approximate surface area is 169 Å². The first-order valence-corrected chi connectivity index (χ1v) is 9.52. The Hall–Kier alpha value is -3.35. The van der Waals surface area contributed by atoms with Crippen LogP contribution < -0.4 is 11.1 Å². The molecule has 0 aromatic heterocycles. The minimum absolute atomic E-state index is 0.136. The van der Waals surface area contributed by atoms with Gasteiger partial charge in [-0.2, -0.15) is 0 Å². The number of nitrogen functional groups attached to an aromatic ring is 1. The van der Waals surface area contributed by atoms with E-state index in [1.807, 2.05) is 30.3 Å². The molecule has 2 atom stereocenters. The number of nitrogens with one attached hydrogen (secondary N) is 1. The number of carbonyl (C=O) groups is 3. The average molecular weight is 395 g/mol. The minimum Gasteiger partial charge on any atom is -0.461 e. The van der Waals surface area contributed by atoms with Crippen molar-refractivity contribution in [3.63, 3.8) is 0 Å². The summed E-state index contributed by atoms with van der Waals surface area (Å²) < 4.78 is 5.33. The van der Waals surface area contributed by atoms with Gasteiger partial charge in [-0.25, -0.2) is 4.79 Å². The van der Waals surface area contributed by atoms with E-state index in [9.17, 15) is 14.4 Å². The molecular formula is C22H25N3O4. The molecule has 1 fully saturated rings. The van der Waals surface area contributed by atoms with Crippen LogP contribution in [-0.4, -0.2) is 29.4 Å². The zero-order valence-corrected chi connectivity index (χ0v) is 16.6. The molecule has 1 saturated heterocycles. The van der Waals surface area contributed by atoms with E-state index < -0.39 is 17.5 Å². The zero-order valence-electron chi connectivity index (χ0n) is 16.6. The molecule has 0 aliphatic carbocycles. The molecule has 1 aliphatic rings. The first-order valence-electron chi connectivity index (χ1n) is 9.52. The number of esters is 1. The van der Waals surface area contributed by atoms with Gasteiger partial charge in [0.1, 0.15) is 12.1 Å². The van der Waals surface area contributed by atoms with Crippen LogP contribution in [0.4, 0.5) is 10.5 Å². The molecule has 1 aliphatic heterocycles. The number of amides is 3. The van der Waals surface area contributed by atoms with Gasteiger partial charge >= 0.3 is 12.0 Å². The number of nitrogens with two attached hydrogens (primary N) is 1. The van der Waals surface area contributed by atoms with E-state index in [4.69, 9.17) is 10.5 Å². The molecule has 7 nitrogen and oxygen atoms in total. The van der Waals surface area contributed by atoms with Gasteiger partial charge in [0.25, 0.3) is 5.91 Å². The van der Waals surface area contributed by atoms with Crippen LogP contribution in [0, 0.1) is 5.92 Å². The number of urea groups is 1. The first kappa shape index (κ1) is 20.4. The van der Waals surface area contributed by atoms with Gasteiger partial charge in [-0.3, -0.25) is 14.5 Å². The largest absolute Gasteiger partial charge is 0.461 e. The van der Waals surface area contributed by atoms with Crippen LogP contribution in [0.2, 0.25) is 0 Å². The highest BCUT2D eigenvalue weighted by molar-refractivity contribution is 6.07. The number of imide groups is 1. The Morgan fingerprint density at radius 1 is 1.14 bits per heavy atom. The lowest BCUT2D eigenvalue weighted by molar-refractivity contribution is -0.150. The molecule has 3 N–H and O–H groups in total. The second-order valence-electron chi connectivity index (χ2n) is 7.42. The van der Waals surface area contributed by atoms with E-state index in [2.05, 4.69) is 5.32 Å². The first-order chi connectivity index (χ1) is 13.8. The predicted molar refractivity (Wildman–Crippen MR) is 108 cm³/mol. The Morgan fingerprint density at radius 3 is 2.45 bits per heavy atom. The maximum Gasteiger partial charge on any atom is 0.325 e. The third-order valence-electron chi connectivity index (χ3n) is 5.18. The lowest BCUT2D eigenvalue weighted by Crippen LogP contribution is -2.41. The normalized spacial score (nSPS) is 19.7. The fraction of sp³-hybridized carbons (Fsp3) is 0.318. The van der Waals surface area contributed by atoms with Crippen molar-refractivity contribution in [2.45, 2.75) is 32.4 Å². The molecule has 1 heterocycles. The van der Waals surface area contributed by atoms with Crippen molar-refractivity contribution in [1.29, 1.82) is 0 Å². The predicted octanol–water partition coefficient (Wildman–Crippen LogP) is 2.81. The number of rotatable bonds is 7. The van der Waals surface area contributed by atoms with Gasteiger partial charge in [-0.15, -0.1) is 0 Å². The summed E-state index contributed by atoms with van der Waals surface area (Å²) >= 11 is 0. The molecule has 7 heteroatoms. The summed E-state index contributed by atoms with van der Waals surface area (Å²) in [5.41, 5.74) is 6.69. The van der Waals surface area contributed by atoms with Gasteiger partial charge in [0.2, 0.25) is 0 Å². The second kappa shape index (κ2) is 8.34. The molecule has 2 unspecified atom stereocenters. The molecule has 0 radical (unpaired) electrons. The highest BCUT2D eigenvalue weighted by Gasteiger charge is 2.48. The van der Waals surface area contributed by atoms with E-state index in [1.165, 1.54) is 0 Å². The minimum atomic E-state index is -1.15. The van der Waals surface area contributed by atoms with E-state index in [0.717, 1.165) is 10.5 Å². The smallest absolute Gasteiger partial charge is 0.325 e. The van der Waals surface area contributed by atoms with Crippen molar-refractivity contribution in [1.82, 2.24) is 10.2 Å². The summed E-state index contributed by atoms with van der Waals surface area (Å²) in [4.78, 5) is 38.7. The number of hydrogen-bond donors (Lipinski definition) is 2. The molecular weight excluding hydrogens is 370 g/mol. The van der Waals surface area contributed by atoms with Crippen LogP contribution >= 0.6 is 0 Å². The van der Waals surface area contributed by atoms with Crippen molar-refractivity contribution in [3.05, 3.63) is 65.7 Å². The monoisotopic (exact) mass is 395 g/mol. The average Bonchev–Trinajstić information content (AvgIpc) is 2.94. The topological polar surface area (TPSA) is 102 Å². The number of nitrogens with zero attached hydrogens (tertiary/aromatic N) is 1. The summed E-state index contributed by atoms with van der Waals surface area (Å²) in [6.45, 7) is 3.72. The highest BCUT2D eigenvalue weighted by Crippen LogP contribution is 2.29. The summed E-state index contributed by atoms with van der Waals surface area (Å²) in [5.74, 6) is -1.15. The van der Waals surface area contributed by atoms with Crippen LogP contribution in [0.5, 0.6) is 0 Å². The SMILES string of the molecule is CC(CCN1C(=O)NC(C)(c2ccc(N)cc2)C1=O)C(=O)OCc1ccccc1. The van der Waals surface area contributed by atoms with E-state index in [-0.39, 0.29) is 25.0 Å². The van der Waals surface area contributed by atoms with Crippen molar-refractivity contribution >= 4 is 23.6 Å². The summed E-state index contributed by atoms with van der Waals surface area (Å²) in [5, 5.41) is 2.75. The zero-order chi connectivity index (χ0) is 21.0. The highest BCUT2D eigenvalue weighted by atomic mass is 16.5. The Balaban J connectivity index is 1.57. The Kier molecular flexibility index (Phi) is 5.87. The van der Waals surface area contributed by atoms with Gasteiger partial charge in [0.05, 0.1) is 5.92 Å². The molecule has 2 aromatic carbocycles. The molecule has 0 bridgehead atoms. The number of carbonyl (C=O) groups excluding carboxylic acids is 3. The maximum atomic E-state index is 12.9. The standard InChI is InChI=1S/C22H25N3O4/c1-15(19(26)29-14-16-6-4-3-5-7-16)12-13-25-20(27)22(2,24-21(25)28)17-8-10-18(23)11-9-17/h3-11,15H,12-14,23H2,1-2H3,(H,24,28). The third-order valence-corrected chi connectivity index (χ3v) is 5.18. The van der Waals surface area contributed by atoms with E-state index >= 15 is 0 Å². The molecule has 0 saturated carbocycles. The second-order valence-corrected chi connectivity index (χ2v) is 7.42. The Morgan fingerprint density at radius 2 is 1.79 bits per heavy atom. The van der Waals surface area contributed by atoms with Crippen LogP contribution in [0.1, 0.15) is 31.4 Å². The van der Waals surface area contributed by atoms with Crippen LogP contribution in [0.3, 0.4) is 0 Å². The summed E-state index contributed by atoms with van der Waals surface area (Å²) in [6.07, 6.45) is 0.324. The van der Waals surface area contributed by atoms with Gasteiger partial charge < -0.3 is 15.8 Å². The number of anilines is 1. The van der Waals surface area contributed by atoms with Gasteiger partial charge in [-0.1, -0.05) is 49.4 Å². The molecule has 2 aromatic rings. The van der Waals surface area contributed by atoms with Crippen molar-refractivity contribution in [2.24, 2.45) is 5.92 Å². The maximum absolute atomic E-state index is 12.9. The molecule has 0 spiro atoms. The molecule has 3 rings (SSSR count). The van der Waals surface area contributed by atoms with Crippen molar-refractivity contribution in [3.8, 4) is 0 Å². The number of ether oxygens (including phenoxy) is 1. The van der Waals surface area contributed by atoms with Gasteiger partial charge in [0.15, 0.2) is 0 Å². The van der Waals surface area contributed by atoms with Crippen LogP contribution in [0.25, 0.3) is 0 Å².